The van der Waals surface area contributed by atoms with Crippen LogP contribution in [0.25, 0.3) is 0 Å². The average Bonchev–Trinajstić information content (AvgIpc) is 3.10. The number of ether oxygens (including phenoxy) is 1. The third kappa shape index (κ3) is 2.44. The highest BCUT2D eigenvalue weighted by Crippen LogP contribution is 2.36. The summed E-state index contributed by atoms with van der Waals surface area (Å²) in [6, 6.07) is 0. The Kier molecular flexibility index (Phi) is 3.74. The molecule has 1 amide bonds. The van der Waals surface area contributed by atoms with Crippen molar-refractivity contribution in [3.8, 4) is 0 Å². The number of anilines is 1. The molecule has 1 aliphatic heterocycles. The number of hydrogen-bond donors (Lipinski definition) is 1. The second-order valence-corrected chi connectivity index (χ2v) is 5.04. The van der Waals surface area contributed by atoms with Gasteiger partial charge >= 0.3 is 0 Å². The van der Waals surface area contributed by atoms with E-state index in [0.717, 1.165) is 30.3 Å². The van der Waals surface area contributed by atoms with Gasteiger partial charge < -0.3 is 14.6 Å². The van der Waals surface area contributed by atoms with E-state index < -0.39 is 0 Å². The Morgan fingerprint density at radius 3 is 3.14 bits per heavy atom. The summed E-state index contributed by atoms with van der Waals surface area (Å²) < 4.78 is 8.97. The molecule has 21 heavy (non-hydrogen) atoms. The minimum atomic E-state index is -0.0547. The van der Waals surface area contributed by atoms with Gasteiger partial charge in [-0.15, -0.1) is 0 Å². The number of amides is 1. The fourth-order valence-electron chi connectivity index (χ4n) is 2.75. The highest BCUT2D eigenvalue weighted by molar-refractivity contribution is 5.94. The SMILES string of the molecule is CCn1ncc2c1NC(=O)CC2c1nccn1CCOC. The summed E-state index contributed by atoms with van der Waals surface area (Å²) in [5.74, 6) is 1.63. The van der Waals surface area contributed by atoms with Gasteiger partial charge in [0.1, 0.15) is 11.6 Å². The third-order valence-corrected chi connectivity index (χ3v) is 3.79. The summed E-state index contributed by atoms with van der Waals surface area (Å²) in [4.78, 5) is 16.5. The fourth-order valence-corrected chi connectivity index (χ4v) is 2.75. The van der Waals surface area contributed by atoms with Gasteiger partial charge in [-0.25, -0.2) is 9.67 Å². The molecule has 0 saturated carbocycles. The van der Waals surface area contributed by atoms with Gasteiger partial charge in [0.2, 0.25) is 5.91 Å². The van der Waals surface area contributed by atoms with Crippen molar-refractivity contribution in [3.05, 3.63) is 30.0 Å². The molecule has 0 fully saturated rings. The lowest BCUT2D eigenvalue weighted by atomic mass is 9.93. The van der Waals surface area contributed by atoms with Crippen molar-refractivity contribution >= 4 is 11.7 Å². The summed E-state index contributed by atoms with van der Waals surface area (Å²) >= 11 is 0. The molecule has 0 spiro atoms. The molecule has 0 bridgehead atoms. The molecule has 7 nitrogen and oxygen atoms in total. The largest absolute Gasteiger partial charge is 0.383 e. The molecule has 3 rings (SSSR count). The van der Waals surface area contributed by atoms with Crippen molar-refractivity contribution in [1.29, 1.82) is 0 Å². The zero-order valence-corrected chi connectivity index (χ0v) is 12.2. The lowest BCUT2D eigenvalue weighted by Gasteiger charge is -2.23. The Morgan fingerprint density at radius 1 is 1.52 bits per heavy atom. The highest BCUT2D eigenvalue weighted by atomic mass is 16.5. The number of methoxy groups -OCH3 is 1. The number of rotatable bonds is 5. The second-order valence-electron chi connectivity index (χ2n) is 5.04. The summed E-state index contributed by atoms with van der Waals surface area (Å²) in [5, 5.41) is 7.26. The van der Waals surface area contributed by atoms with Crippen LogP contribution in [0.2, 0.25) is 0 Å². The standard InChI is InChI=1S/C14H19N5O2/c1-3-19-14-11(9-16-19)10(8-12(20)17-14)13-15-4-5-18(13)6-7-21-2/h4-5,9-10H,3,6-8H2,1-2H3,(H,17,20). The van der Waals surface area contributed by atoms with E-state index in [2.05, 4.69) is 15.4 Å². The van der Waals surface area contributed by atoms with Crippen molar-refractivity contribution in [2.75, 3.05) is 19.0 Å². The topological polar surface area (TPSA) is 74.0 Å². The first-order valence-electron chi connectivity index (χ1n) is 7.10. The lowest BCUT2D eigenvalue weighted by Crippen LogP contribution is -2.26. The number of fused-ring (bicyclic) bond motifs is 1. The molecule has 0 aromatic carbocycles. The third-order valence-electron chi connectivity index (χ3n) is 3.79. The van der Waals surface area contributed by atoms with Gasteiger partial charge in [-0.05, 0) is 6.92 Å². The van der Waals surface area contributed by atoms with E-state index in [1.165, 1.54) is 0 Å². The van der Waals surface area contributed by atoms with Gasteiger partial charge in [-0.1, -0.05) is 0 Å². The molecule has 0 radical (unpaired) electrons. The Balaban J connectivity index is 1.98. The molecule has 0 aliphatic carbocycles. The summed E-state index contributed by atoms with van der Waals surface area (Å²) in [6.07, 6.45) is 5.91. The summed E-state index contributed by atoms with van der Waals surface area (Å²) in [5.41, 5.74) is 1.03. The number of hydrogen-bond acceptors (Lipinski definition) is 4. The van der Waals surface area contributed by atoms with E-state index in [0.29, 0.717) is 13.0 Å². The van der Waals surface area contributed by atoms with Crippen molar-refractivity contribution in [3.63, 3.8) is 0 Å². The molecule has 1 N–H and O–H groups in total. The minimum absolute atomic E-state index is 0.00370. The van der Waals surface area contributed by atoms with Gasteiger partial charge in [0.05, 0.1) is 18.7 Å². The van der Waals surface area contributed by atoms with Crippen LogP contribution in [0.5, 0.6) is 0 Å². The minimum Gasteiger partial charge on any atom is -0.383 e. The van der Waals surface area contributed by atoms with E-state index >= 15 is 0 Å². The summed E-state index contributed by atoms with van der Waals surface area (Å²) in [6.45, 7) is 4.06. The van der Waals surface area contributed by atoms with Gasteiger partial charge in [0.25, 0.3) is 0 Å². The van der Waals surface area contributed by atoms with Crippen LogP contribution in [0.1, 0.15) is 30.7 Å². The van der Waals surface area contributed by atoms with Crippen molar-refractivity contribution < 1.29 is 9.53 Å². The molecule has 0 saturated heterocycles. The van der Waals surface area contributed by atoms with Crippen LogP contribution in [0.15, 0.2) is 18.6 Å². The number of carbonyl (C=O) groups excluding carboxylic acids is 1. The second kappa shape index (κ2) is 5.69. The smallest absolute Gasteiger partial charge is 0.226 e. The first-order valence-corrected chi connectivity index (χ1v) is 7.10. The van der Waals surface area contributed by atoms with Gasteiger partial charge in [0, 0.05) is 44.6 Å². The van der Waals surface area contributed by atoms with E-state index in [1.54, 1.807) is 13.3 Å². The summed E-state index contributed by atoms with van der Waals surface area (Å²) in [7, 11) is 1.67. The van der Waals surface area contributed by atoms with Gasteiger partial charge in [0.15, 0.2) is 0 Å². The van der Waals surface area contributed by atoms with Crippen LogP contribution in [0, 0.1) is 0 Å². The van der Waals surface area contributed by atoms with Crippen LogP contribution in [-0.4, -0.2) is 39.0 Å². The highest BCUT2D eigenvalue weighted by Gasteiger charge is 2.32. The van der Waals surface area contributed by atoms with Crippen molar-refractivity contribution in [2.45, 2.75) is 32.4 Å². The van der Waals surface area contributed by atoms with E-state index in [9.17, 15) is 4.79 Å². The molecule has 2 aromatic heterocycles. The van der Waals surface area contributed by atoms with Crippen LogP contribution in [0.3, 0.4) is 0 Å². The number of nitrogens with zero attached hydrogens (tertiary/aromatic N) is 4. The molecule has 1 unspecified atom stereocenters. The van der Waals surface area contributed by atoms with Gasteiger partial charge in [-0.2, -0.15) is 5.10 Å². The fraction of sp³-hybridized carbons (Fsp3) is 0.500. The zero-order valence-electron chi connectivity index (χ0n) is 12.2. The first kappa shape index (κ1) is 13.8. The normalized spacial score (nSPS) is 17.6. The van der Waals surface area contributed by atoms with E-state index in [-0.39, 0.29) is 11.8 Å². The Bertz CT molecular complexity index is 646. The molecule has 2 aromatic rings. The molecular weight excluding hydrogens is 270 g/mol. The predicted molar refractivity (Wildman–Crippen MR) is 77.1 cm³/mol. The Labute approximate surface area is 122 Å². The number of nitrogens with one attached hydrogen (secondary N) is 1. The zero-order chi connectivity index (χ0) is 14.8. The van der Waals surface area contributed by atoms with Crippen LogP contribution in [0.4, 0.5) is 5.82 Å². The van der Waals surface area contributed by atoms with Crippen LogP contribution < -0.4 is 5.32 Å². The maximum atomic E-state index is 12.0. The van der Waals surface area contributed by atoms with Gasteiger partial charge in [-0.3, -0.25) is 4.79 Å². The molecule has 112 valence electrons. The monoisotopic (exact) mass is 289 g/mol. The predicted octanol–water partition coefficient (Wildman–Crippen LogP) is 1.22. The van der Waals surface area contributed by atoms with E-state index in [1.807, 2.05) is 28.6 Å². The van der Waals surface area contributed by atoms with Crippen molar-refractivity contribution in [2.24, 2.45) is 0 Å². The number of aryl methyl sites for hydroxylation is 1. The van der Waals surface area contributed by atoms with Crippen LogP contribution >= 0.6 is 0 Å². The van der Waals surface area contributed by atoms with Crippen molar-refractivity contribution in [1.82, 2.24) is 19.3 Å². The average molecular weight is 289 g/mol. The Morgan fingerprint density at radius 2 is 2.38 bits per heavy atom. The Hall–Kier alpha value is -2.15. The number of carbonyl (C=O) groups is 1. The molecule has 7 heteroatoms. The van der Waals surface area contributed by atoms with E-state index in [4.69, 9.17) is 4.74 Å². The molecule has 1 atom stereocenters. The quantitative estimate of drug-likeness (QED) is 0.898. The molecule has 3 heterocycles. The molecular formula is C14H19N5O2. The maximum Gasteiger partial charge on any atom is 0.226 e. The number of imidazole rings is 1. The first-order chi connectivity index (χ1) is 10.2. The van der Waals surface area contributed by atoms with Crippen LogP contribution in [-0.2, 0) is 22.6 Å². The number of aromatic nitrogens is 4. The maximum absolute atomic E-state index is 12.0. The molecule has 1 aliphatic rings. The lowest BCUT2D eigenvalue weighted by molar-refractivity contribution is -0.116.